The predicted octanol–water partition coefficient (Wildman–Crippen LogP) is 1.49. The molecule has 106 valence electrons. The van der Waals surface area contributed by atoms with Gasteiger partial charge in [0.2, 0.25) is 5.91 Å². The zero-order valence-electron chi connectivity index (χ0n) is 11.2. The largest absolute Gasteiger partial charge is 0.485 e. The van der Waals surface area contributed by atoms with E-state index in [4.69, 9.17) is 21.6 Å². The van der Waals surface area contributed by atoms with Gasteiger partial charge >= 0.3 is 0 Å². The van der Waals surface area contributed by atoms with Crippen molar-refractivity contribution in [1.29, 1.82) is 5.26 Å². The number of fused-ring (bicyclic) bond motifs is 1. The number of alkyl halides is 1. The number of carbonyl (C=O) groups is 1. The van der Waals surface area contributed by atoms with Crippen LogP contribution in [0.5, 0.6) is 5.75 Å². The summed E-state index contributed by atoms with van der Waals surface area (Å²) in [6, 6.07) is 6.27. The first-order valence-corrected chi connectivity index (χ1v) is 6.69. The van der Waals surface area contributed by atoms with Crippen molar-refractivity contribution in [3.8, 4) is 11.8 Å². The number of aliphatic hydroxyl groups is 1. The number of aliphatic hydroxyl groups excluding tert-OH is 1. The minimum absolute atomic E-state index is 0.197. The molecule has 0 saturated heterocycles. The highest BCUT2D eigenvalue weighted by atomic mass is 35.5. The number of halogens is 1. The summed E-state index contributed by atoms with van der Waals surface area (Å²) >= 11 is 5.50. The number of nitrogens with one attached hydrogen (secondary N) is 1. The Labute approximate surface area is 122 Å². The lowest BCUT2D eigenvalue weighted by Crippen LogP contribution is -2.53. The molecule has 5 nitrogen and oxygen atoms in total. The number of nitrogens with zero attached hydrogens (tertiary/aromatic N) is 1. The summed E-state index contributed by atoms with van der Waals surface area (Å²) in [4.78, 5) is 11.5. The van der Waals surface area contributed by atoms with Crippen molar-refractivity contribution in [3.05, 3.63) is 29.3 Å². The van der Waals surface area contributed by atoms with Gasteiger partial charge in [0.05, 0.1) is 17.7 Å². The number of hydrogen-bond donors (Lipinski definition) is 2. The van der Waals surface area contributed by atoms with Crippen molar-refractivity contribution in [2.75, 3.05) is 5.88 Å². The Morgan fingerprint density at radius 3 is 2.90 bits per heavy atom. The Morgan fingerprint density at radius 1 is 1.60 bits per heavy atom. The molecule has 0 spiro atoms. The summed E-state index contributed by atoms with van der Waals surface area (Å²) in [6.45, 7) is 3.47. The SMILES string of the molecule is CC1(C)Oc2ccc(C#N)cc2[C@@H](NC(=O)CCl)[C@@H]1O. The summed E-state index contributed by atoms with van der Waals surface area (Å²) < 4.78 is 5.73. The molecular weight excluding hydrogens is 280 g/mol. The molecule has 0 fully saturated rings. The van der Waals surface area contributed by atoms with Crippen molar-refractivity contribution < 1.29 is 14.6 Å². The van der Waals surface area contributed by atoms with Crippen molar-refractivity contribution in [3.63, 3.8) is 0 Å². The zero-order chi connectivity index (χ0) is 14.9. The van der Waals surface area contributed by atoms with Crippen LogP contribution in [0.15, 0.2) is 18.2 Å². The fourth-order valence-corrected chi connectivity index (χ4v) is 2.32. The Hall–Kier alpha value is -1.77. The molecule has 2 N–H and O–H groups in total. The molecule has 1 heterocycles. The molecule has 0 bridgehead atoms. The second-order valence-corrected chi connectivity index (χ2v) is 5.46. The number of nitriles is 1. The number of carbonyl (C=O) groups excluding carboxylic acids is 1. The molecule has 0 unspecified atom stereocenters. The first-order valence-electron chi connectivity index (χ1n) is 6.15. The van der Waals surface area contributed by atoms with Gasteiger partial charge in [-0.2, -0.15) is 5.26 Å². The van der Waals surface area contributed by atoms with E-state index < -0.39 is 17.7 Å². The molecule has 2 rings (SSSR count). The van der Waals surface area contributed by atoms with Crippen LogP contribution in [0.4, 0.5) is 0 Å². The van der Waals surface area contributed by atoms with Gasteiger partial charge in [0, 0.05) is 5.56 Å². The molecule has 0 aromatic heterocycles. The highest BCUT2D eigenvalue weighted by Crippen LogP contribution is 2.40. The van der Waals surface area contributed by atoms with Gasteiger partial charge in [-0.3, -0.25) is 4.79 Å². The van der Waals surface area contributed by atoms with Crippen LogP contribution in [0.25, 0.3) is 0 Å². The third-order valence-corrected chi connectivity index (χ3v) is 3.56. The van der Waals surface area contributed by atoms with Crippen LogP contribution in [0.2, 0.25) is 0 Å². The van der Waals surface area contributed by atoms with Gasteiger partial charge < -0.3 is 15.2 Å². The van der Waals surface area contributed by atoms with Gasteiger partial charge in [-0.05, 0) is 32.0 Å². The third-order valence-electron chi connectivity index (χ3n) is 3.31. The molecule has 1 amide bonds. The summed E-state index contributed by atoms with van der Waals surface area (Å²) in [5, 5.41) is 22.0. The van der Waals surface area contributed by atoms with Crippen LogP contribution in [-0.2, 0) is 4.79 Å². The first kappa shape index (κ1) is 14.6. The monoisotopic (exact) mass is 294 g/mol. The van der Waals surface area contributed by atoms with E-state index in [-0.39, 0.29) is 11.8 Å². The average Bonchev–Trinajstić information content (AvgIpc) is 2.43. The quantitative estimate of drug-likeness (QED) is 0.810. The molecule has 20 heavy (non-hydrogen) atoms. The molecule has 1 aromatic carbocycles. The maximum absolute atomic E-state index is 11.5. The van der Waals surface area contributed by atoms with Gasteiger partial charge in [0.15, 0.2) is 0 Å². The number of hydrogen-bond acceptors (Lipinski definition) is 4. The fourth-order valence-electron chi connectivity index (χ4n) is 2.24. The summed E-state index contributed by atoms with van der Waals surface area (Å²) in [5.74, 6) is -0.0430. The van der Waals surface area contributed by atoms with Gasteiger partial charge in [0.1, 0.15) is 23.3 Å². The van der Waals surface area contributed by atoms with E-state index >= 15 is 0 Å². The molecule has 0 aliphatic carbocycles. The second kappa shape index (κ2) is 5.31. The predicted molar refractivity (Wildman–Crippen MR) is 73.5 cm³/mol. The van der Waals surface area contributed by atoms with Crippen LogP contribution in [0.3, 0.4) is 0 Å². The number of amides is 1. The van der Waals surface area contributed by atoms with Gasteiger partial charge in [-0.15, -0.1) is 11.6 Å². The molecule has 0 radical (unpaired) electrons. The number of rotatable bonds is 2. The van der Waals surface area contributed by atoms with Crippen LogP contribution < -0.4 is 10.1 Å². The lowest BCUT2D eigenvalue weighted by atomic mass is 9.86. The molecule has 1 aliphatic heterocycles. The van der Waals surface area contributed by atoms with Crippen LogP contribution >= 0.6 is 11.6 Å². The van der Waals surface area contributed by atoms with Crippen molar-refractivity contribution in [2.45, 2.75) is 31.6 Å². The normalized spacial score (nSPS) is 23.1. The highest BCUT2D eigenvalue weighted by Gasteiger charge is 2.43. The van der Waals surface area contributed by atoms with Crippen LogP contribution in [-0.4, -0.2) is 28.6 Å². The summed E-state index contributed by atoms with van der Waals surface area (Å²) in [6.07, 6.45) is -0.948. The van der Waals surface area contributed by atoms with E-state index in [1.54, 1.807) is 32.0 Å². The van der Waals surface area contributed by atoms with Crippen molar-refractivity contribution in [2.24, 2.45) is 0 Å². The minimum atomic E-state index is -0.948. The van der Waals surface area contributed by atoms with Gasteiger partial charge in [-0.1, -0.05) is 0 Å². The van der Waals surface area contributed by atoms with Crippen molar-refractivity contribution >= 4 is 17.5 Å². The molecule has 1 aromatic rings. The van der Waals surface area contributed by atoms with Crippen LogP contribution in [0, 0.1) is 11.3 Å². The van der Waals surface area contributed by atoms with E-state index in [0.717, 1.165) is 0 Å². The third kappa shape index (κ3) is 2.58. The minimum Gasteiger partial charge on any atom is -0.485 e. The fraction of sp³-hybridized carbons (Fsp3) is 0.429. The first-order chi connectivity index (χ1) is 9.39. The zero-order valence-corrected chi connectivity index (χ0v) is 11.9. The van der Waals surface area contributed by atoms with Crippen LogP contribution in [0.1, 0.15) is 31.0 Å². The van der Waals surface area contributed by atoms with E-state index in [9.17, 15) is 9.90 Å². The van der Waals surface area contributed by atoms with Gasteiger partial charge in [0.25, 0.3) is 0 Å². The standard InChI is InChI=1S/C14H15ClN2O3/c1-14(2)13(19)12(17-11(18)6-15)9-5-8(7-16)3-4-10(9)20-14/h3-5,12-13,19H,6H2,1-2H3,(H,17,18)/t12-,13+/m1/s1. The summed E-state index contributed by atoms with van der Waals surface area (Å²) in [5.41, 5.74) is 0.157. The smallest absolute Gasteiger partial charge is 0.235 e. The van der Waals surface area contributed by atoms with E-state index in [0.29, 0.717) is 16.9 Å². The Bertz CT molecular complexity index is 580. The maximum Gasteiger partial charge on any atom is 0.235 e. The molecule has 6 heteroatoms. The molecule has 1 aliphatic rings. The van der Waals surface area contributed by atoms with Gasteiger partial charge in [-0.25, -0.2) is 0 Å². The lowest BCUT2D eigenvalue weighted by molar-refractivity contribution is -0.123. The molecule has 0 saturated carbocycles. The van der Waals surface area contributed by atoms with E-state index in [2.05, 4.69) is 5.32 Å². The lowest BCUT2D eigenvalue weighted by Gasteiger charge is -2.42. The van der Waals surface area contributed by atoms with Crippen molar-refractivity contribution in [1.82, 2.24) is 5.32 Å². The summed E-state index contributed by atoms with van der Waals surface area (Å²) in [7, 11) is 0. The highest BCUT2D eigenvalue weighted by molar-refractivity contribution is 6.27. The van der Waals surface area contributed by atoms with E-state index in [1.165, 1.54) is 0 Å². The topological polar surface area (TPSA) is 82.3 Å². The Morgan fingerprint density at radius 2 is 2.30 bits per heavy atom. The Balaban J connectivity index is 2.48. The molecule has 2 atom stereocenters. The number of benzene rings is 1. The number of ether oxygens (including phenoxy) is 1. The Kier molecular flexibility index (Phi) is 3.89. The molecular formula is C14H15ClN2O3. The van der Waals surface area contributed by atoms with E-state index in [1.807, 2.05) is 6.07 Å². The second-order valence-electron chi connectivity index (χ2n) is 5.19. The average molecular weight is 295 g/mol. The maximum atomic E-state index is 11.5.